The summed E-state index contributed by atoms with van der Waals surface area (Å²) in [5, 5.41) is 15.0. The van der Waals surface area contributed by atoms with Crippen LogP contribution in [-0.4, -0.2) is 54.3 Å². The fourth-order valence-corrected chi connectivity index (χ4v) is 4.43. The fourth-order valence-electron chi connectivity index (χ4n) is 4.23. The van der Waals surface area contributed by atoms with Gasteiger partial charge in [0.1, 0.15) is 5.84 Å². The number of aliphatic imine (C=N–C) groups is 1. The Hall–Kier alpha value is -3.37. The van der Waals surface area contributed by atoms with Crippen molar-refractivity contribution in [2.75, 3.05) is 19.6 Å². The Kier molecular flexibility index (Phi) is 10.5. The van der Waals surface area contributed by atoms with Gasteiger partial charge in [0.05, 0.1) is 25.2 Å². The van der Waals surface area contributed by atoms with Crippen LogP contribution in [0.4, 0.5) is 18.0 Å². The normalized spacial score (nSPS) is 18.1. The fraction of sp³-hybridized carbons (Fsp3) is 0.393. The van der Waals surface area contributed by atoms with Crippen LogP contribution in [0.25, 0.3) is 0 Å². The van der Waals surface area contributed by atoms with Crippen molar-refractivity contribution in [3.05, 3.63) is 81.5 Å². The highest BCUT2D eigenvalue weighted by Crippen LogP contribution is 2.22. The monoisotopic (exact) mass is 562 g/mol. The summed E-state index contributed by atoms with van der Waals surface area (Å²) in [5.41, 5.74) is 10.5. The molecule has 2 amide bonds. The van der Waals surface area contributed by atoms with Gasteiger partial charge >= 0.3 is 12.2 Å². The predicted octanol–water partition coefficient (Wildman–Crippen LogP) is 5.43. The Balaban J connectivity index is 1.78. The van der Waals surface area contributed by atoms with Crippen LogP contribution < -0.4 is 16.4 Å². The predicted molar refractivity (Wildman–Crippen MR) is 149 cm³/mol. The minimum absolute atomic E-state index is 0.0898. The molecule has 1 atom stereocenters. The molecule has 0 saturated carbocycles. The Bertz CT molecular complexity index is 1230. The molecule has 0 bridgehead atoms. The van der Waals surface area contributed by atoms with Gasteiger partial charge in [0, 0.05) is 28.9 Å². The van der Waals surface area contributed by atoms with Gasteiger partial charge in [-0.1, -0.05) is 61.0 Å². The van der Waals surface area contributed by atoms with Crippen LogP contribution in [0.5, 0.6) is 0 Å². The summed E-state index contributed by atoms with van der Waals surface area (Å²) < 4.78 is 39.1. The van der Waals surface area contributed by atoms with Gasteiger partial charge in [-0.15, -0.1) is 0 Å². The smallest absolute Gasteiger partial charge is 0.390 e. The zero-order valence-corrected chi connectivity index (χ0v) is 22.8. The average molecular weight is 563 g/mol. The van der Waals surface area contributed by atoms with Gasteiger partial charge in [-0.2, -0.15) is 13.2 Å². The van der Waals surface area contributed by atoms with Crippen LogP contribution in [0.1, 0.15) is 43.4 Å². The lowest BCUT2D eigenvalue weighted by Gasteiger charge is -2.28. The Labute approximate surface area is 231 Å². The number of amidine groups is 1. The van der Waals surface area contributed by atoms with Crippen LogP contribution in [0, 0.1) is 5.41 Å². The highest BCUT2D eigenvalue weighted by atomic mass is 35.5. The van der Waals surface area contributed by atoms with Gasteiger partial charge in [-0.05, 0) is 49.1 Å². The van der Waals surface area contributed by atoms with Crippen molar-refractivity contribution in [2.45, 2.75) is 51.9 Å². The van der Waals surface area contributed by atoms with E-state index in [1.54, 1.807) is 30.3 Å². The molecule has 1 saturated heterocycles. The van der Waals surface area contributed by atoms with Crippen molar-refractivity contribution >= 4 is 29.2 Å². The number of aryl methyl sites for hydroxylation is 1. The van der Waals surface area contributed by atoms with E-state index in [9.17, 15) is 18.0 Å². The molecule has 0 radical (unpaired) electrons. The van der Waals surface area contributed by atoms with E-state index in [4.69, 9.17) is 27.7 Å². The number of carbonyl (C=O) groups is 1. The summed E-state index contributed by atoms with van der Waals surface area (Å²) >= 11 is 6.27. The topological polar surface area (TPSA) is 107 Å². The Morgan fingerprint density at radius 2 is 1.92 bits per heavy atom. The second kappa shape index (κ2) is 13.6. The number of urea groups is 1. The lowest BCUT2D eigenvalue weighted by Crippen LogP contribution is -2.47. The molecule has 5 N–H and O–H groups in total. The van der Waals surface area contributed by atoms with Crippen LogP contribution in [-0.2, 0) is 13.0 Å². The number of rotatable bonds is 8. The maximum atomic E-state index is 13.1. The lowest BCUT2D eigenvalue weighted by atomic mass is 9.95. The van der Waals surface area contributed by atoms with Crippen LogP contribution in [0.3, 0.4) is 0 Å². The SMILES string of the molecule is CCc1ccc(C(=N)N(CCC(F)(F)F)C(=O)NC/C(N)=C2\CCNC(C)C2=NCc2ccccc2Cl)cc1. The largest absolute Gasteiger partial charge is 0.400 e. The number of hydrogen-bond donors (Lipinski definition) is 4. The third-order valence-electron chi connectivity index (χ3n) is 6.51. The number of amides is 2. The van der Waals surface area contributed by atoms with Gasteiger partial charge < -0.3 is 16.4 Å². The minimum Gasteiger partial charge on any atom is -0.400 e. The maximum Gasteiger partial charge on any atom is 0.390 e. The number of piperidine rings is 1. The summed E-state index contributed by atoms with van der Waals surface area (Å²) in [6.45, 7) is 4.15. The molecule has 1 heterocycles. The molecular weight excluding hydrogens is 529 g/mol. The second-order valence-corrected chi connectivity index (χ2v) is 9.70. The third kappa shape index (κ3) is 8.56. The van der Waals surface area contributed by atoms with E-state index in [2.05, 4.69) is 10.6 Å². The van der Waals surface area contributed by atoms with E-state index in [1.807, 2.05) is 32.0 Å². The molecule has 210 valence electrons. The Morgan fingerprint density at radius 1 is 1.23 bits per heavy atom. The highest BCUT2D eigenvalue weighted by Gasteiger charge is 2.31. The van der Waals surface area contributed by atoms with E-state index in [1.165, 1.54) is 0 Å². The second-order valence-electron chi connectivity index (χ2n) is 9.30. The molecule has 7 nitrogen and oxygen atoms in total. The quantitative estimate of drug-likeness (QED) is 0.255. The summed E-state index contributed by atoms with van der Waals surface area (Å²) in [5.74, 6) is -0.317. The standard InChI is InChI=1S/C28H34ClF3N6O/c1-3-19-8-10-20(11-9-19)26(34)38(15-13-28(30,31)32)27(39)37-17-24(33)22-12-14-35-18(2)25(22)36-16-21-6-4-5-7-23(21)29/h4-11,18,34-35H,3,12-17,33H2,1-2H3,(H,37,39)/b24-22-,34-26?,36-25?. The molecule has 2 aromatic carbocycles. The van der Waals surface area contributed by atoms with E-state index < -0.39 is 25.2 Å². The van der Waals surface area contributed by atoms with Crippen molar-refractivity contribution < 1.29 is 18.0 Å². The summed E-state index contributed by atoms with van der Waals surface area (Å²) in [7, 11) is 0. The molecule has 1 unspecified atom stereocenters. The lowest BCUT2D eigenvalue weighted by molar-refractivity contribution is -0.135. The summed E-state index contributed by atoms with van der Waals surface area (Å²) in [4.78, 5) is 18.6. The molecule has 3 rings (SSSR count). The van der Waals surface area contributed by atoms with E-state index in [0.717, 1.165) is 33.7 Å². The summed E-state index contributed by atoms with van der Waals surface area (Å²) in [6, 6.07) is 13.3. The van der Waals surface area contributed by atoms with Gasteiger partial charge in [-0.25, -0.2) is 4.79 Å². The number of benzene rings is 2. The molecule has 1 fully saturated rings. The van der Waals surface area contributed by atoms with E-state index in [-0.39, 0.29) is 18.4 Å². The van der Waals surface area contributed by atoms with E-state index >= 15 is 0 Å². The van der Waals surface area contributed by atoms with Gasteiger partial charge in [0.2, 0.25) is 0 Å². The molecule has 0 aromatic heterocycles. The van der Waals surface area contributed by atoms with E-state index in [0.29, 0.717) is 35.8 Å². The number of halogens is 4. The third-order valence-corrected chi connectivity index (χ3v) is 6.88. The number of carbonyl (C=O) groups excluding carboxylic acids is 1. The van der Waals surface area contributed by atoms with Gasteiger partial charge in [-0.3, -0.25) is 15.3 Å². The zero-order chi connectivity index (χ0) is 28.6. The summed E-state index contributed by atoms with van der Waals surface area (Å²) in [6.07, 6.45) is -4.37. The van der Waals surface area contributed by atoms with Crippen LogP contribution in [0.2, 0.25) is 5.02 Å². The van der Waals surface area contributed by atoms with Crippen molar-refractivity contribution in [1.29, 1.82) is 5.41 Å². The Morgan fingerprint density at radius 3 is 2.56 bits per heavy atom. The first kappa shape index (κ1) is 30.2. The minimum atomic E-state index is -4.48. The molecular formula is C28H34ClF3N6O. The molecule has 0 spiro atoms. The number of alkyl halides is 3. The van der Waals surface area contributed by atoms with Crippen molar-refractivity contribution in [3.8, 4) is 0 Å². The highest BCUT2D eigenvalue weighted by molar-refractivity contribution is 6.31. The molecule has 39 heavy (non-hydrogen) atoms. The van der Waals surface area contributed by atoms with Crippen molar-refractivity contribution in [3.63, 3.8) is 0 Å². The number of hydrogen-bond acceptors (Lipinski definition) is 5. The molecule has 0 aliphatic carbocycles. The number of nitrogens with one attached hydrogen (secondary N) is 3. The number of nitrogens with zero attached hydrogens (tertiary/aromatic N) is 2. The van der Waals surface area contributed by atoms with Gasteiger partial charge in [0.25, 0.3) is 0 Å². The first-order valence-corrected chi connectivity index (χ1v) is 13.2. The molecule has 1 aliphatic heterocycles. The number of nitrogens with two attached hydrogens (primary N) is 1. The van der Waals surface area contributed by atoms with Gasteiger partial charge in [0.15, 0.2) is 0 Å². The first-order valence-electron chi connectivity index (χ1n) is 12.8. The zero-order valence-electron chi connectivity index (χ0n) is 22.0. The first-order chi connectivity index (χ1) is 18.5. The van der Waals surface area contributed by atoms with Crippen LogP contribution >= 0.6 is 11.6 Å². The van der Waals surface area contributed by atoms with Crippen molar-refractivity contribution in [1.82, 2.24) is 15.5 Å². The molecule has 11 heteroatoms. The average Bonchev–Trinajstić information content (AvgIpc) is 2.91. The molecule has 2 aromatic rings. The molecule has 1 aliphatic rings. The maximum absolute atomic E-state index is 13.1. The van der Waals surface area contributed by atoms with Crippen molar-refractivity contribution in [2.24, 2.45) is 10.7 Å². The van der Waals surface area contributed by atoms with Crippen LogP contribution in [0.15, 0.2) is 64.8 Å².